The lowest BCUT2D eigenvalue weighted by Crippen LogP contribution is -2.33. The summed E-state index contributed by atoms with van der Waals surface area (Å²) >= 11 is 0. The highest BCUT2D eigenvalue weighted by atomic mass is 16.1. The van der Waals surface area contributed by atoms with Crippen LogP contribution in [-0.4, -0.2) is 30.6 Å². The van der Waals surface area contributed by atoms with Crippen molar-refractivity contribution in [2.75, 3.05) is 0 Å². The van der Waals surface area contributed by atoms with Crippen molar-refractivity contribution in [3.05, 3.63) is 66.1 Å². The number of carbonyl (C=O) groups is 1. The van der Waals surface area contributed by atoms with E-state index >= 15 is 0 Å². The molecular formula is C18H20N6O. The molecule has 0 aliphatic heterocycles. The molecule has 0 saturated carbocycles. The van der Waals surface area contributed by atoms with Crippen LogP contribution in [0.1, 0.15) is 41.5 Å². The molecule has 7 nitrogen and oxygen atoms in total. The number of nitrogens with zero attached hydrogens (tertiary/aromatic N) is 5. The Morgan fingerprint density at radius 1 is 1.20 bits per heavy atom. The molecular weight excluding hydrogens is 316 g/mol. The Hall–Kier alpha value is -3.09. The quantitative estimate of drug-likeness (QED) is 0.773. The highest BCUT2D eigenvalue weighted by Crippen LogP contribution is 2.23. The van der Waals surface area contributed by atoms with Gasteiger partial charge in [-0.15, -0.1) is 0 Å². The van der Waals surface area contributed by atoms with Gasteiger partial charge in [0, 0.05) is 18.0 Å². The first-order valence-electron chi connectivity index (χ1n) is 8.09. The average Bonchev–Trinajstić information content (AvgIpc) is 3.15. The van der Waals surface area contributed by atoms with Crippen LogP contribution in [-0.2, 0) is 0 Å². The third kappa shape index (κ3) is 3.71. The second-order valence-corrected chi connectivity index (χ2v) is 6.14. The van der Waals surface area contributed by atoms with Crippen LogP contribution >= 0.6 is 0 Å². The summed E-state index contributed by atoms with van der Waals surface area (Å²) in [5.41, 5.74) is 2.45. The van der Waals surface area contributed by atoms with E-state index in [0.29, 0.717) is 11.4 Å². The van der Waals surface area contributed by atoms with Gasteiger partial charge in [-0.1, -0.05) is 19.9 Å². The SMILES string of the molecule is Cc1cccnc1[C@@H](NC(=O)c1ccnc(-n2cncn2)c1)C(C)C. The summed E-state index contributed by atoms with van der Waals surface area (Å²) in [4.78, 5) is 25.3. The second kappa shape index (κ2) is 7.21. The molecule has 128 valence electrons. The molecule has 0 spiro atoms. The monoisotopic (exact) mass is 336 g/mol. The van der Waals surface area contributed by atoms with Gasteiger partial charge in [-0.2, -0.15) is 5.10 Å². The summed E-state index contributed by atoms with van der Waals surface area (Å²) in [7, 11) is 0. The van der Waals surface area contributed by atoms with Crippen molar-refractivity contribution in [3.63, 3.8) is 0 Å². The summed E-state index contributed by atoms with van der Waals surface area (Å²) in [6.07, 6.45) is 6.30. The number of nitrogens with one attached hydrogen (secondary N) is 1. The molecule has 1 amide bonds. The van der Waals surface area contributed by atoms with E-state index in [1.807, 2.05) is 19.1 Å². The van der Waals surface area contributed by atoms with Crippen molar-refractivity contribution >= 4 is 5.91 Å². The van der Waals surface area contributed by atoms with Crippen LogP contribution in [0.25, 0.3) is 5.82 Å². The van der Waals surface area contributed by atoms with Crippen molar-refractivity contribution in [1.29, 1.82) is 0 Å². The Balaban J connectivity index is 1.85. The van der Waals surface area contributed by atoms with Gasteiger partial charge >= 0.3 is 0 Å². The normalized spacial score (nSPS) is 12.2. The fourth-order valence-corrected chi connectivity index (χ4v) is 2.61. The molecule has 1 N–H and O–H groups in total. The predicted octanol–water partition coefficient (Wildman–Crippen LogP) is 2.49. The van der Waals surface area contributed by atoms with E-state index in [0.717, 1.165) is 11.3 Å². The molecule has 3 aromatic rings. The minimum absolute atomic E-state index is 0.170. The Kier molecular flexibility index (Phi) is 4.83. The average molecular weight is 336 g/mol. The number of aromatic nitrogens is 5. The van der Waals surface area contributed by atoms with E-state index in [-0.39, 0.29) is 17.9 Å². The summed E-state index contributed by atoms with van der Waals surface area (Å²) in [6, 6.07) is 7.09. The van der Waals surface area contributed by atoms with Gasteiger partial charge in [-0.3, -0.25) is 9.78 Å². The molecule has 0 unspecified atom stereocenters. The zero-order chi connectivity index (χ0) is 17.8. The fraction of sp³-hybridized carbons (Fsp3) is 0.278. The molecule has 0 aromatic carbocycles. The van der Waals surface area contributed by atoms with Crippen molar-refractivity contribution < 1.29 is 4.79 Å². The molecule has 0 bridgehead atoms. The van der Waals surface area contributed by atoms with Crippen LogP contribution in [0.15, 0.2) is 49.3 Å². The maximum atomic E-state index is 12.8. The van der Waals surface area contributed by atoms with Crippen molar-refractivity contribution in [3.8, 4) is 5.82 Å². The first kappa shape index (κ1) is 16.8. The molecule has 0 aliphatic rings. The number of hydrogen-bond donors (Lipinski definition) is 1. The summed E-state index contributed by atoms with van der Waals surface area (Å²) in [6.45, 7) is 6.12. The topological polar surface area (TPSA) is 85.6 Å². The molecule has 0 fully saturated rings. The third-order valence-corrected chi connectivity index (χ3v) is 3.96. The van der Waals surface area contributed by atoms with Crippen molar-refractivity contribution in [2.45, 2.75) is 26.8 Å². The number of pyridine rings is 2. The molecule has 3 rings (SSSR count). The van der Waals surface area contributed by atoms with Gasteiger partial charge in [-0.05, 0) is 36.6 Å². The molecule has 3 aromatic heterocycles. The first-order valence-corrected chi connectivity index (χ1v) is 8.09. The molecule has 3 heterocycles. The van der Waals surface area contributed by atoms with E-state index in [2.05, 4.69) is 39.2 Å². The van der Waals surface area contributed by atoms with Crippen LogP contribution in [0.2, 0.25) is 0 Å². The fourth-order valence-electron chi connectivity index (χ4n) is 2.61. The molecule has 0 saturated heterocycles. The summed E-state index contributed by atoms with van der Waals surface area (Å²) in [5.74, 6) is 0.571. The maximum absolute atomic E-state index is 12.8. The summed E-state index contributed by atoms with van der Waals surface area (Å²) < 4.78 is 1.51. The second-order valence-electron chi connectivity index (χ2n) is 6.14. The number of rotatable bonds is 5. The number of aryl methyl sites for hydroxylation is 1. The minimum atomic E-state index is -0.174. The van der Waals surface area contributed by atoms with Gasteiger partial charge in [0.15, 0.2) is 5.82 Å². The number of carbonyl (C=O) groups excluding carboxylic acids is 1. The van der Waals surface area contributed by atoms with Gasteiger partial charge in [0.25, 0.3) is 5.91 Å². The largest absolute Gasteiger partial charge is 0.343 e. The third-order valence-electron chi connectivity index (χ3n) is 3.96. The Morgan fingerprint density at radius 3 is 2.72 bits per heavy atom. The molecule has 25 heavy (non-hydrogen) atoms. The van der Waals surface area contributed by atoms with Crippen molar-refractivity contribution in [1.82, 2.24) is 30.0 Å². The lowest BCUT2D eigenvalue weighted by molar-refractivity contribution is 0.0924. The van der Waals surface area contributed by atoms with E-state index in [4.69, 9.17) is 0 Å². The molecule has 0 aliphatic carbocycles. The number of amides is 1. The zero-order valence-corrected chi connectivity index (χ0v) is 14.4. The van der Waals surface area contributed by atoms with E-state index in [9.17, 15) is 4.79 Å². The van der Waals surface area contributed by atoms with Crippen molar-refractivity contribution in [2.24, 2.45) is 5.92 Å². The Bertz CT molecular complexity index is 860. The smallest absolute Gasteiger partial charge is 0.252 e. The van der Waals surface area contributed by atoms with Crippen LogP contribution in [0.4, 0.5) is 0 Å². The Labute approximate surface area is 146 Å². The highest BCUT2D eigenvalue weighted by molar-refractivity contribution is 5.94. The van der Waals surface area contributed by atoms with Crippen LogP contribution in [0.3, 0.4) is 0 Å². The lowest BCUT2D eigenvalue weighted by atomic mass is 9.97. The van der Waals surface area contributed by atoms with E-state index < -0.39 is 0 Å². The van der Waals surface area contributed by atoms with E-state index in [1.165, 1.54) is 17.3 Å². The van der Waals surface area contributed by atoms with Gasteiger partial charge in [-0.25, -0.2) is 14.6 Å². The van der Waals surface area contributed by atoms with Crippen LogP contribution < -0.4 is 5.32 Å². The molecule has 7 heteroatoms. The van der Waals surface area contributed by atoms with Gasteiger partial charge in [0.1, 0.15) is 12.7 Å². The van der Waals surface area contributed by atoms with Gasteiger partial charge in [0.2, 0.25) is 0 Å². The highest BCUT2D eigenvalue weighted by Gasteiger charge is 2.22. The number of hydrogen-bond acceptors (Lipinski definition) is 5. The molecule has 0 radical (unpaired) electrons. The summed E-state index contributed by atoms with van der Waals surface area (Å²) in [5, 5.41) is 7.12. The first-order chi connectivity index (χ1) is 12.1. The predicted molar refractivity (Wildman–Crippen MR) is 93.2 cm³/mol. The maximum Gasteiger partial charge on any atom is 0.252 e. The minimum Gasteiger partial charge on any atom is -0.343 e. The van der Waals surface area contributed by atoms with Gasteiger partial charge < -0.3 is 5.32 Å². The van der Waals surface area contributed by atoms with Crippen LogP contribution in [0, 0.1) is 12.8 Å². The van der Waals surface area contributed by atoms with E-state index in [1.54, 1.807) is 24.5 Å². The lowest BCUT2D eigenvalue weighted by Gasteiger charge is -2.23. The Morgan fingerprint density at radius 2 is 2.04 bits per heavy atom. The zero-order valence-electron chi connectivity index (χ0n) is 14.4. The molecule has 1 atom stereocenters. The van der Waals surface area contributed by atoms with Crippen LogP contribution in [0.5, 0.6) is 0 Å². The standard InChI is InChI=1S/C18H20N6O/c1-12(2)16(17-13(3)5-4-7-21-17)23-18(25)14-6-8-20-15(9-14)24-11-19-10-22-24/h4-12,16H,1-3H3,(H,23,25)/t16-/m0/s1. The van der Waals surface area contributed by atoms with Gasteiger partial charge in [0.05, 0.1) is 11.7 Å².